The molecule has 0 saturated carbocycles. The first kappa shape index (κ1) is 22.7. The molecule has 0 fully saturated rings. The Bertz CT molecular complexity index is 1240. The minimum atomic E-state index is -0.388. The van der Waals surface area contributed by atoms with Gasteiger partial charge in [0.1, 0.15) is 5.82 Å². The number of hydrogen-bond acceptors (Lipinski definition) is 6. The lowest BCUT2D eigenvalue weighted by Crippen LogP contribution is -2.31. The predicted molar refractivity (Wildman–Crippen MR) is 121 cm³/mol. The van der Waals surface area contributed by atoms with Crippen molar-refractivity contribution in [3.63, 3.8) is 0 Å². The number of carbonyl (C=O) groups excluding carboxylic acids is 1. The van der Waals surface area contributed by atoms with Gasteiger partial charge in [0.2, 0.25) is 17.7 Å². The third-order valence-corrected chi connectivity index (χ3v) is 5.32. The summed E-state index contributed by atoms with van der Waals surface area (Å²) < 4.78 is 25.3. The minimum absolute atomic E-state index is 0.0972. The quantitative estimate of drug-likeness (QED) is 0.320. The SMILES string of the molecule is CCCN(Cc1nnc(-c2ccccc2Cl)o1)C(=O)CCc1ncc(-c2ccccc2F)o1. The maximum atomic E-state index is 14.0. The fourth-order valence-electron chi connectivity index (χ4n) is 3.37. The molecule has 0 radical (unpaired) electrons. The number of oxazole rings is 1. The summed E-state index contributed by atoms with van der Waals surface area (Å²) in [6, 6.07) is 13.5. The smallest absolute Gasteiger partial charge is 0.249 e. The van der Waals surface area contributed by atoms with Gasteiger partial charge >= 0.3 is 0 Å². The highest BCUT2D eigenvalue weighted by atomic mass is 35.5. The van der Waals surface area contributed by atoms with E-state index in [9.17, 15) is 9.18 Å². The fraction of sp³-hybridized carbons (Fsp3) is 0.250. The maximum Gasteiger partial charge on any atom is 0.249 e. The van der Waals surface area contributed by atoms with Gasteiger partial charge in [-0.15, -0.1) is 10.2 Å². The zero-order valence-electron chi connectivity index (χ0n) is 18.0. The van der Waals surface area contributed by atoms with E-state index in [1.807, 2.05) is 19.1 Å². The molecule has 0 spiro atoms. The Labute approximate surface area is 195 Å². The van der Waals surface area contributed by atoms with Gasteiger partial charge in [-0.25, -0.2) is 9.37 Å². The van der Waals surface area contributed by atoms with E-state index in [2.05, 4.69) is 15.2 Å². The predicted octanol–water partition coefficient (Wildman–Crippen LogP) is 5.56. The Hall–Kier alpha value is -3.52. The molecule has 0 unspecified atom stereocenters. The largest absolute Gasteiger partial charge is 0.441 e. The highest BCUT2D eigenvalue weighted by Crippen LogP contribution is 2.27. The van der Waals surface area contributed by atoms with Crippen LogP contribution in [0.2, 0.25) is 5.02 Å². The zero-order chi connectivity index (χ0) is 23.2. The number of carbonyl (C=O) groups is 1. The summed E-state index contributed by atoms with van der Waals surface area (Å²) in [5.41, 5.74) is 0.974. The van der Waals surface area contributed by atoms with Crippen LogP contribution in [0.1, 0.15) is 31.5 Å². The molecule has 9 heteroatoms. The third kappa shape index (κ3) is 5.46. The molecule has 4 aromatic rings. The van der Waals surface area contributed by atoms with Crippen molar-refractivity contribution in [3.05, 3.63) is 77.3 Å². The Morgan fingerprint density at radius 2 is 1.79 bits per heavy atom. The summed E-state index contributed by atoms with van der Waals surface area (Å²) in [6.07, 6.45) is 2.72. The molecule has 0 saturated heterocycles. The second kappa shape index (κ2) is 10.4. The van der Waals surface area contributed by atoms with Crippen molar-refractivity contribution in [1.29, 1.82) is 0 Å². The molecule has 4 rings (SSSR count). The van der Waals surface area contributed by atoms with E-state index >= 15 is 0 Å². The lowest BCUT2D eigenvalue weighted by atomic mass is 10.2. The van der Waals surface area contributed by atoms with Crippen molar-refractivity contribution in [2.75, 3.05) is 6.54 Å². The third-order valence-electron chi connectivity index (χ3n) is 4.99. The molecule has 2 aromatic heterocycles. The Morgan fingerprint density at radius 3 is 2.55 bits per heavy atom. The second-order valence-electron chi connectivity index (χ2n) is 7.39. The van der Waals surface area contributed by atoms with Crippen molar-refractivity contribution in [2.24, 2.45) is 0 Å². The normalized spacial score (nSPS) is 11.0. The Kier molecular flexibility index (Phi) is 7.14. The van der Waals surface area contributed by atoms with Crippen LogP contribution >= 0.6 is 11.6 Å². The minimum Gasteiger partial charge on any atom is -0.441 e. The molecule has 0 aliphatic heterocycles. The van der Waals surface area contributed by atoms with Gasteiger partial charge in [0.05, 0.1) is 28.9 Å². The number of rotatable bonds is 9. The van der Waals surface area contributed by atoms with E-state index in [0.717, 1.165) is 6.42 Å². The van der Waals surface area contributed by atoms with E-state index < -0.39 is 0 Å². The number of hydrogen-bond donors (Lipinski definition) is 0. The lowest BCUT2D eigenvalue weighted by molar-refractivity contribution is -0.132. The molecule has 0 atom stereocenters. The van der Waals surface area contributed by atoms with E-state index in [4.69, 9.17) is 20.4 Å². The van der Waals surface area contributed by atoms with E-state index in [0.29, 0.717) is 52.5 Å². The van der Waals surface area contributed by atoms with Crippen molar-refractivity contribution in [3.8, 4) is 22.8 Å². The van der Waals surface area contributed by atoms with Gasteiger partial charge in [-0.3, -0.25) is 4.79 Å². The van der Waals surface area contributed by atoms with Crippen molar-refractivity contribution < 1.29 is 18.0 Å². The summed E-state index contributed by atoms with van der Waals surface area (Å²) in [6.45, 7) is 2.71. The molecule has 2 aromatic carbocycles. The van der Waals surface area contributed by atoms with Gasteiger partial charge in [0.25, 0.3) is 0 Å². The highest BCUT2D eigenvalue weighted by molar-refractivity contribution is 6.33. The van der Waals surface area contributed by atoms with Gasteiger partial charge < -0.3 is 13.7 Å². The molecule has 1 amide bonds. The summed E-state index contributed by atoms with van der Waals surface area (Å²) in [4.78, 5) is 18.7. The molecular weight excluding hydrogens is 447 g/mol. The van der Waals surface area contributed by atoms with Crippen LogP contribution in [0.25, 0.3) is 22.8 Å². The van der Waals surface area contributed by atoms with Crippen LogP contribution in [-0.2, 0) is 17.8 Å². The summed E-state index contributed by atoms with van der Waals surface area (Å²) in [5, 5.41) is 8.63. The Balaban J connectivity index is 1.39. The molecule has 0 aliphatic rings. The van der Waals surface area contributed by atoms with Crippen LogP contribution in [0.5, 0.6) is 0 Å². The van der Waals surface area contributed by atoms with Crippen molar-refractivity contribution in [1.82, 2.24) is 20.1 Å². The highest BCUT2D eigenvalue weighted by Gasteiger charge is 2.19. The monoisotopic (exact) mass is 468 g/mol. The van der Waals surface area contributed by atoms with Crippen LogP contribution in [-0.4, -0.2) is 32.5 Å². The van der Waals surface area contributed by atoms with Crippen molar-refractivity contribution >= 4 is 17.5 Å². The first-order chi connectivity index (χ1) is 16.0. The standard InChI is InChI=1S/C24H22ClFN4O3/c1-2-13-30(15-22-28-29-24(33-22)16-7-3-5-9-18(16)25)23(31)12-11-21-27-14-20(32-21)17-8-4-6-10-19(17)26/h3-10,14H,2,11-13,15H2,1H3. The number of aryl methyl sites for hydroxylation is 1. The molecule has 7 nitrogen and oxygen atoms in total. The fourth-order valence-corrected chi connectivity index (χ4v) is 3.59. The number of aromatic nitrogens is 3. The van der Waals surface area contributed by atoms with E-state index in [1.165, 1.54) is 12.3 Å². The summed E-state index contributed by atoms with van der Waals surface area (Å²) in [7, 11) is 0. The van der Waals surface area contributed by atoms with Crippen LogP contribution in [0, 0.1) is 5.82 Å². The van der Waals surface area contributed by atoms with Gasteiger partial charge in [-0.1, -0.05) is 42.8 Å². The number of benzene rings is 2. The lowest BCUT2D eigenvalue weighted by Gasteiger charge is -2.19. The van der Waals surface area contributed by atoms with Gasteiger partial charge in [-0.2, -0.15) is 0 Å². The van der Waals surface area contributed by atoms with Crippen molar-refractivity contribution in [2.45, 2.75) is 32.7 Å². The molecule has 0 bridgehead atoms. The topological polar surface area (TPSA) is 85.3 Å². The number of halogens is 2. The van der Waals surface area contributed by atoms with Crippen LogP contribution < -0.4 is 0 Å². The van der Waals surface area contributed by atoms with Gasteiger partial charge in [0.15, 0.2) is 11.7 Å². The number of nitrogens with zero attached hydrogens (tertiary/aromatic N) is 4. The Morgan fingerprint density at radius 1 is 1.03 bits per heavy atom. The molecular formula is C24H22ClFN4O3. The second-order valence-corrected chi connectivity index (χ2v) is 7.80. The maximum absolute atomic E-state index is 14.0. The average Bonchev–Trinajstić information content (AvgIpc) is 3.48. The van der Waals surface area contributed by atoms with Gasteiger partial charge in [-0.05, 0) is 30.7 Å². The van der Waals surface area contributed by atoms with Crippen LogP contribution in [0.3, 0.4) is 0 Å². The summed E-state index contributed by atoms with van der Waals surface area (Å²) in [5.74, 6) is 0.849. The molecule has 0 aliphatic carbocycles. The molecule has 0 N–H and O–H groups in total. The molecule has 33 heavy (non-hydrogen) atoms. The molecule has 2 heterocycles. The molecule has 170 valence electrons. The summed E-state index contributed by atoms with van der Waals surface area (Å²) >= 11 is 6.19. The first-order valence-corrected chi connectivity index (χ1v) is 11.0. The van der Waals surface area contributed by atoms with Gasteiger partial charge in [0, 0.05) is 19.4 Å². The van der Waals surface area contributed by atoms with E-state index in [1.54, 1.807) is 35.2 Å². The van der Waals surface area contributed by atoms with Crippen LogP contribution in [0.4, 0.5) is 4.39 Å². The first-order valence-electron chi connectivity index (χ1n) is 10.6. The number of amides is 1. The zero-order valence-corrected chi connectivity index (χ0v) is 18.8. The van der Waals surface area contributed by atoms with Crippen LogP contribution in [0.15, 0.2) is 63.6 Å². The van der Waals surface area contributed by atoms with E-state index in [-0.39, 0.29) is 24.7 Å². The average molecular weight is 469 g/mol.